The minimum absolute atomic E-state index is 0.127. The molecule has 0 aromatic heterocycles. The molecule has 0 saturated carbocycles. The Bertz CT molecular complexity index is 392. The van der Waals surface area contributed by atoms with E-state index in [0.717, 1.165) is 10.8 Å². The van der Waals surface area contributed by atoms with Crippen molar-refractivity contribution in [2.45, 2.75) is 43.9 Å². The Labute approximate surface area is 112 Å². The first-order valence-electron chi connectivity index (χ1n) is 6.90. The summed E-state index contributed by atoms with van der Waals surface area (Å²) in [5.74, 6) is 3.79. The van der Waals surface area contributed by atoms with Crippen molar-refractivity contribution in [2.24, 2.45) is 5.92 Å². The SMILES string of the molecule is CCCCC1CCC[S+](c2cc(O)ccc2O)C1. The molecule has 0 amide bonds. The van der Waals surface area contributed by atoms with Gasteiger partial charge in [-0.25, -0.2) is 0 Å². The Morgan fingerprint density at radius 2 is 2.17 bits per heavy atom. The quantitative estimate of drug-likeness (QED) is 0.645. The smallest absolute Gasteiger partial charge is 0.200 e. The Hall–Kier alpha value is -0.830. The van der Waals surface area contributed by atoms with Crippen LogP contribution >= 0.6 is 0 Å². The molecule has 18 heavy (non-hydrogen) atoms. The number of hydrogen-bond acceptors (Lipinski definition) is 2. The van der Waals surface area contributed by atoms with Crippen LogP contribution in [0.25, 0.3) is 0 Å². The van der Waals surface area contributed by atoms with Gasteiger partial charge in [0.05, 0.1) is 0 Å². The molecule has 3 heteroatoms. The summed E-state index contributed by atoms with van der Waals surface area (Å²) in [6.07, 6.45) is 6.49. The zero-order valence-electron chi connectivity index (χ0n) is 11.1. The van der Waals surface area contributed by atoms with Crippen LogP contribution in [0.2, 0.25) is 0 Å². The fraction of sp³-hybridized carbons (Fsp3) is 0.600. The van der Waals surface area contributed by atoms with Gasteiger partial charge in [-0.15, -0.1) is 0 Å². The number of aromatic hydroxyl groups is 2. The summed E-state index contributed by atoms with van der Waals surface area (Å²) in [6, 6.07) is 4.93. The third kappa shape index (κ3) is 3.35. The van der Waals surface area contributed by atoms with E-state index in [0.29, 0.717) is 5.75 Å². The van der Waals surface area contributed by atoms with E-state index >= 15 is 0 Å². The summed E-state index contributed by atoms with van der Waals surface area (Å²) in [6.45, 7) is 2.24. The minimum Gasteiger partial charge on any atom is -0.508 e. The zero-order chi connectivity index (χ0) is 13.0. The largest absolute Gasteiger partial charge is 0.508 e. The third-order valence-corrected chi connectivity index (χ3v) is 6.26. The fourth-order valence-electron chi connectivity index (χ4n) is 2.65. The monoisotopic (exact) mass is 267 g/mol. The zero-order valence-corrected chi connectivity index (χ0v) is 11.9. The van der Waals surface area contributed by atoms with Crippen molar-refractivity contribution in [3.8, 4) is 11.5 Å². The van der Waals surface area contributed by atoms with E-state index in [1.165, 1.54) is 43.6 Å². The van der Waals surface area contributed by atoms with Crippen molar-refractivity contribution in [1.82, 2.24) is 0 Å². The molecular weight excluding hydrogens is 244 g/mol. The Kier molecular flexibility index (Phi) is 4.81. The van der Waals surface area contributed by atoms with Gasteiger partial charge >= 0.3 is 0 Å². The predicted molar refractivity (Wildman–Crippen MR) is 77.4 cm³/mol. The molecule has 0 bridgehead atoms. The average Bonchev–Trinajstić information content (AvgIpc) is 2.39. The molecule has 1 aromatic rings. The van der Waals surface area contributed by atoms with Crippen LogP contribution in [-0.4, -0.2) is 21.7 Å². The summed E-state index contributed by atoms with van der Waals surface area (Å²) >= 11 is 0. The van der Waals surface area contributed by atoms with E-state index in [4.69, 9.17) is 0 Å². The second kappa shape index (κ2) is 6.37. The van der Waals surface area contributed by atoms with Gasteiger partial charge in [0.25, 0.3) is 0 Å². The highest BCUT2D eigenvalue weighted by molar-refractivity contribution is 7.97. The van der Waals surface area contributed by atoms with Crippen LogP contribution in [0.4, 0.5) is 0 Å². The number of benzene rings is 1. The normalized spacial score (nSPS) is 24.1. The van der Waals surface area contributed by atoms with Crippen molar-refractivity contribution in [1.29, 1.82) is 0 Å². The third-order valence-electron chi connectivity index (χ3n) is 3.66. The van der Waals surface area contributed by atoms with Gasteiger partial charge in [-0.3, -0.25) is 0 Å². The topological polar surface area (TPSA) is 40.5 Å². The van der Waals surface area contributed by atoms with E-state index < -0.39 is 0 Å². The fourth-order valence-corrected chi connectivity index (χ4v) is 5.29. The minimum atomic E-state index is 0.127. The highest BCUT2D eigenvalue weighted by Crippen LogP contribution is 2.35. The van der Waals surface area contributed by atoms with E-state index in [1.807, 2.05) is 0 Å². The lowest BCUT2D eigenvalue weighted by Gasteiger charge is -2.22. The first kappa shape index (κ1) is 13.6. The molecule has 2 rings (SSSR count). The first-order valence-corrected chi connectivity index (χ1v) is 8.46. The van der Waals surface area contributed by atoms with Crippen molar-refractivity contribution in [2.75, 3.05) is 11.5 Å². The lowest BCUT2D eigenvalue weighted by atomic mass is 9.99. The van der Waals surface area contributed by atoms with Crippen molar-refractivity contribution in [3.05, 3.63) is 18.2 Å². The summed E-state index contributed by atoms with van der Waals surface area (Å²) in [5, 5.41) is 19.5. The van der Waals surface area contributed by atoms with E-state index in [9.17, 15) is 10.2 Å². The lowest BCUT2D eigenvalue weighted by molar-refractivity contribution is 0.444. The predicted octanol–water partition coefficient (Wildman–Crippen LogP) is 3.68. The highest BCUT2D eigenvalue weighted by Gasteiger charge is 2.33. The van der Waals surface area contributed by atoms with Gasteiger partial charge in [0.1, 0.15) is 17.3 Å². The van der Waals surface area contributed by atoms with Gasteiger partial charge in [0.2, 0.25) is 0 Å². The summed E-state index contributed by atoms with van der Waals surface area (Å²) in [4.78, 5) is 0.969. The first-order chi connectivity index (χ1) is 8.70. The summed E-state index contributed by atoms with van der Waals surface area (Å²) in [5.41, 5.74) is 0. The van der Waals surface area contributed by atoms with Crippen molar-refractivity contribution < 1.29 is 10.2 Å². The molecule has 0 aliphatic carbocycles. The maximum absolute atomic E-state index is 9.95. The molecule has 1 aliphatic rings. The lowest BCUT2D eigenvalue weighted by Crippen LogP contribution is -2.25. The number of phenols is 2. The van der Waals surface area contributed by atoms with Crippen LogP contribution in [0.3, 0.4) is 0 Å². The van der Waals surface area contributed by atoms with Crippen molar-refractivity contribution >= 4 is 10.9 Å². The molecule has 100 valence electrons. The van der Waals surface area contributed by atoms with Crippen LogP contribution in [-0.2, 0) is 10.9 Å². The molecule has 2 atom stereocenters. The van der Waals surface area contributed by atoms with Crippen molar-refractivity contribution in [3.63, 3.8) is 0 Å². The highest BCUT2D eigenvalue weighted by atomic mass is 32.2. The second-order valence-electron chi connectivity index (χ2n) is 5.17. The molecule has 2 N–H and O–H groups in total. The van der Waals surface area contributed by atoms with Gasteiger partial charge in [-0.05, 0) is 31.4 Å². The van der Waals surface area contributed by atoms with Gasteiger partial charge in [0, 0.05) is 22.9 Å². The Morgan fingerprint density at radius 1 is 1.33 bits per heavy atom. The number of phenolic OH excluding ortho intramolecular Hbond substituents is 2. The van der Waals surface area contributed by atoms with Crippen LogP contribution in [0.15, 0.2) is 23.1 Å². The Balaban J connectivity index is 2.05. The van der Waals surface area contributed by atoms with E-state index in [2.05, 4.69) is 6.92 Å². The molecule has 1 fully saturated rings. The van der Waals surface area contributed by atoms with Gasteiger partial charge in [-0.2, -0.15) is 0 Å². The summed E-state index contributed by atoms with van der Waals surface area (Å²) < 4.78 is 0. The molecule has 2 nitrogen and oxygen atoms in total. The second-order valence-corrected chi connectivity index (χ2v) is 7.33. The molecule has 1 heterocycles. The number of hydrogen-bond donors (Lipinski definition) is 2. The van der Waals surface area contributed by atoms with Gasteiger partial charge in [0.15, 0.2) is 10.6 Å². The molecular formula is C15H23O2S+. The number of unbranched alkanes of at least 4 members (excludes halogenated alkanes) is 1. The molecule has 1 aliphatic heterocycles. The van der Waals surface area contributed by atoms with E-state index in [1.54, 1.807) is 18.2 Å². The van der Waals surface area contributed by atoms with Gasteiger partial charge in [-0.1, -0.05) is 19.8 Å². The van der Waals surface area contributed by atoms with Crippen LogP contribution in [0.5, 0.6) is 11.5 Å². The molecule has 0 spiro atoms. The molecule has 0 radical (unpaired) electrons. The maximum atomic E-state index is 9.95. The maximum Gasteiger partial charge on any atom is 0.200 e. The molecule has 1 aromatic carbocycles. The van der Waals surface area contributed by atoms with Crippen LogP contribution in [0, 0.1) is 5.92 Å². The standard InChI is InChI=1S/C15H22O2S/c1-2-3-5-12-6-4-9-18(11-12)15-10-13(16)7-8-14(15)17/h7-8,10,12H,2-6,9,11H2,1H3,(H-,16,17)/p+1. The van der Waals surface area contributed by atoms with Crippen LogP contribution in [0.1, 0.15) is 39.0 Å². The van der Waals surface area contributed by atoms with Crippen LogP contribution < -0.4 is 0 Å². The average molecular weight is 267 g/mol. The summed E-state index contributed by atoms with van der Waals surface area (Å²) in [7, 11) is 0.127. The van der Waals surface area contributed by atoms with Gasteiger partial charge < -0.3 is 10.2 Å². The molecule has 2 unspecified atom stereocenters. The Morgan fingerprint density at radius 3 is 2.94 bits per heavy atom. The molecule has 1 saturated heterocycles. The number of rotatable bonds is 4. The van der Waals surface area contributed by atoms with E-state index in [-0.39, 0.29) is 16.6 Å².